The normalized spacial score (nSPS) is 18.8. The number of carbonyl (C=O) groups is 1. The molecule has 1 fully saturated rings. The maximum atomic E-state index is 12.8. The van der Waals surface area contributed by atoms with Gasteiger partial charge in [-0.05, 0) is 63.9 Å². The molecule has 4 heteroatoms. The van der Waals surface area contributed by atoms with Crippen molar-refractivity contribution in [3.8, 4) is 0 Å². The lowest BCUT2D eigenvalue weighted by Gasteiger charge is -2.33. The zero-order valence-electron chi connectivity index (χ0n) is 13.2. The van der Waals surface area contributed by atoms with Gasteiger partial charge in [0.15, 0.2) is 0 Å². The third kappa shape index (κ3) is 4.21. The van der Waals surface area contributed by atoms with Gasteiger partial charge in [0, 0.05) is 29.2 Å². The number of halogens is 1. The first kappa shape index (κ1) is 16.3. The molecule has 116 valence electrons. The molecule has 1 aliphatic rings. The maximum Gasteiger partial charge on any atom is 0.254 e. The second-order valence-electron chi connectivity index (χ2n) is 6.16. The van der Waals surface area contributed by atoms with Gasteiger partial charge in [0.1, 0.15) is 0 Å². The molecule has 1 aromatic carbocycles. The lowest BCUT2D eigenvalue weighted by molar-refractivity contribution is 0.0676. The molecule has 1 amide bonds. The van der Waals surface area contributed by atoms with Gasteiger partial charge in [0.25, 0.3) is 5.91 Å². The zero-order valence-corrected chi connectivity index (χ0v) is 13.9. The monoisotopic (exact) mass is 308 g/mol. The predicted molar refractivity (Wildman–Crippen MR) is 88.0 cm³/mol. The summed E-state index contributed by atoms with van der Waals surface area (Å²) in [5, 5.41) is 4.19. The number of aryl methyl sites for hydroxylation is 1. The van der Waals surface area contributed by atoms with Crippen molar-refractivity contribution >= 4 is 17.5 Å². The molecule has 0 bridgehead atoms. The number of carbonyl (C=O) groups excluding carboxylic acids is 1. The summed E-state index contributed by atoms with van der Waals surface area (Å²) >= 11 is 5.98. The van der Waals surface area contributed by atoms with Crippen molar-refractivity contribution in [1.29, 1.82) is 0 Å². The van der Waals surface area contributed by atoms with E-state index in [1.165, 1.54) is 12.8 Å². The Morgan fingerprint density at radius 1 is 1.43 bits per heavy atom. The molecule has 0 spiro atoms. The highest BCUT2D eigenvalue weighted by molar-refractivity contribution is 6.30. The van der Waals surface area contributed by atoms with Crippen LogP contribution in [0.25, 0.3) is 0 Å². The summed E-state index contributed by atoms with van der Waals surface area (Å²) in [7, 11) is 0. The van der Waals surface area contributed by atoms with Gasteiger partial charge in [-0.25, -0.2) is 0 Å². The second-order valence-corrected chi connectivity index (χ2v) is 6.59. The Bertz CT molecular complexity index is 496. The van der Waals surface area contributed by atoms with Crippen molar-refractivity contribution in [3.05, 3.63) is 34.3 Å². The summed E-state index contributed by atoms with van der Waals surface area (Å²) in [6.45, 7) is 7.93. The van der Waals surface area contributed by atoms with Crippen molar-refractivity contribution in [1.82, 2.24) is 10.2 Å². The lowest BCUT2D eigenvalue weighted by Crippen LogP contribution is -2.48. The Kier molecular flexibility index (Phi) is 5.65. The van der Waals surface area contributed by atoms with E-state index in [4.69, 9.17) is 11.6 Å². The van der Waals surface area contributed by atoms with Gasteiger partial charge in [-0.1, -0.05) is 18.0 Å². The second kappa shape index (κ2) is 7.28. The highest BCUT2D eigenvalue weighted by atomic mass is 35.5. The SMILES string of the molecule is Cc1cc(Cl)ccc1C(=O)N(CC1CCCCN1)C(C)C. The number of nitrogens with zero attached hydrogens (tertiary/aromatic N) is 1. The molecule has 1 N–H and O–H groups in total. The van der Waals surface area contributed by atoms with Gasteiger partial charge < -0.3 is 10.2 Å². The molecule has 0 radical (unpaired) electrons. The van der Waals surface area contributed by atoms with E-state index in [0.29, 0.717) is 11.1 Å². The molecule has 2 rings (SSSR count). The first-order valence-corrected chi connectivity index (χ1v) is 8.17. The van der Waals surface area contributed by atoms with Gasteiger partial charge >= 0.3 is 0 Å². The topological polar surface area (TPSA) is 32.3 Å². The minimum atomic E-state index is 0.103. The molecule has 21 heavy (non-hydrogen) atoms. The summed E-state index contributed by atoms with van der Waals surface area (Å²) < 4.78 is 0. The van der Waals surface area contributed by atoms with Gasteiger partial charge in [0.05, 0.1) is 0 Å². The van der Waals surface area contributed by atoms with Crippen LogP contribution < -0.4 is 5.32 Å². The van der Waals surface area contributed by atoms with Crippen LogP contribution in [0.4, 0.5) is 0 Å². The Balaban J connectivity index is 2.14. The molecule has 1 heterocycles. The molecule has 3 nitrogen and oxygen atoms in total. The predicted octanol–water partition coefficient (Wildman–Crippen LogP) is 3.64. The van der Waals surface area contributed by atoms with Crippen LogP contribution in [-0.2, 0) is 0 Å². The quantitative estimate of drug-likeness (QED) is 0.921. The fraction of sp³-hybridized carbons (Fsp3) is 0.588. The molecular weight excluding hydrogens is 284 g/mol. The third-order valence-electron chi connectivity index (χ3n) is 4.13. The first-order chi connectivity index (χ1) is 9.99. The standard InChI is InChI=1S/C17H25ClN2O/c1-12(2)20(11-15-6-4-5-9-19-15)17(21)16-8-7-14(18)10-13(16)3/h7-8,10,12,15,19H,4-6,9,11H2,1-3H3. The van der Waals surface area contributed by atoms with Crippen LogP contribution in [0.1, 0.15) is 49.0 Å². The van der Waals surface area contributed by atoms with Crippen LogP contribution in [-0.4, -0.2) is 36.0 Å². The Morgan fingerprint density at radius 3 is 2.76 bits per heavy atom. The number of amides is 1. The third-order valence-corrected chi connectivity index (χ3v) is 4.37. The largest absolute Gasteiger partial charge is 0.335 e. The summed E-state index contributed by atoms with van der Waals surface area (Å²) in [5.74, 6) is 0.103. The minimum Gasteiger partial charge on any atom is -0.335 e. The zero-order chi connectivity index (χ0) is 15.4. The van der Waals surface area contributed by atoms with Crippen LogP contribution in [0, 0.1) is 6.92 Å². The van der Waals surface area contributed by atoms with E-state index < -0.39 is 0 Å². The summed E-state index contributed by atoms with van der Waals surface area (Å²) in [4.78, 5) is 14.8. The van der Waals surface area contributed by atoms with Gasteiger partial charge in [-0.2, -0.15) is 0 Å². The summed E-state index contributed by atoms with van der Waals surface area (Å²) in [6, 6.07) is 6.09. The van der Waals surface area contributed by atoms with Crippen molar-refractivity contribution in [3.63, 3.8) is 0 Å². The lowest BCUT2D eigenvalue weighted by atomic mass is 10.0. The number of hydrogen-bond acceptors (Lipinski definition) is 2. The summed E-state index contributed by atoms with van der Waals surface area (Å²) in [6.07, 6.45) is 3.64. The molecule has 0 aromatic heterocycles. The highest BCUT2D eigenvalue weighted by Gasteiger charge is 2.24. The average Bonchev–Trinajstić information content (AvgIpc) is 2.45. The maximum absolute atomic E-state index is 12.8. The van der Waals surface area contributed by atoms with Crippen LogP contribution in [0.5, 0.6) is 0 Å². The number of piperidine rings is 1. The van der Waals surface area contributed by atoms with Crippen molar-refractivity contribution in [2.24, 2.45) is 0 Å². The molecule has 0 saturated carbocycles. The first-order valence-electron chi connectivity index (χ1n) is 7.79. The van der Waals surface area contributed by atoms with E-state index in [1.54, 1.807) is 6.07 Å². The molecule has 1 atom stereocenters. The van der Waals surface area contributed by atoms with Crippen molar-refractivity contribution in [2.45, 2.75) is 52.1 Å². The molecule has 1 unspecified atom stereocenters. The van der Waals surface area contributed by atoms with Crippen molar-refractivity contribution < 1.29 is 4.79 Å². The Morgan fingerprint density at radius 2 is 2.19 bits per heavy atom. The molecule has 1 aliphatic heterocycles. The Labute approximate surface area is 132 Å². The van der Waals surface area contributed by atoms with E-state index in [2.05, 4.69) is 19.2 Å². The van der Waals surface area contributed by atoms with E-state index >= 15 is 0 Å². The van der Waals surface area contributed by atoms with Crippen LogP contribution in [0.3, 0.4) is 0 Å². The number of nitrogens with one attached hydrogen (secondary N) is 1. The number of hydrogen-bond donors (Lipinski definition) is 1. The number of benzene rings is 1. The fourth-order valence-corrected chi connectivity index (χ4v) is 3.09. The van der Waals surface area contributed by atoms with Crippen molar-refractivity contribution in [2.75, 3.05) is 13.1 Å². The van der Waals surface area contributed by atoms with Crippen LogP contribution in [0.15, 0.2) is 18.2 Å². The van der Waals surface area contributed by atoms with Gasteiger partial charge in [-0.15, -0.1) is 0 Å². The molecule has 1 saturated heterocycles. The van der Waals surface area contributed by atoms with Crippen LogP contribution in [0.2, 0.25) is 5.02 Å². The smallest absolute Gasteiger partial charge is 0.254 e. The van der Waals surface area contributed by atoms with Crippen LogP contribution >= 0.6 is 11.6 Å². The molecule has 1 aromatic rings. The molecular formula is C17H25ClN2O. The fourth-order valence-electron chi connectivity index (χ4n) is 2.87. The molecule has 0 aliphatic carbocycles. The average molecular weight is 309 g/mol. The highest BCUT2D eigenvalue weighted by Crippen LogP contribution is 2.19. The summed E-state index contributed by atoms with van der Waals surface area (Å²) in [5.41, 5.74) is 1.69. The number of rotatable bonds is 4. The Hall–Kier alpha value is -1.06. The van der Waals surface area contributed by atoms with E-state index in [9.17, 15) is 4.79 Å². The van der Waals surface area contributed by atoms with Gasteiger partial charge in [-0.3, -0.25) is 4.79 Å². The van der Waals surface area contributed by atoms with Gasteiger partial charge in [0.2, 0.25) is 0 Å². The van der Waals surface area contributed by atoms with E-state index in [0.717, 1.165) is 30.6 Å². The van der Waals surface area contributed by atoms with E-state index in [-0.39, 0.29) is 11.9 Å². The minimum absolute atomic E-state index is 0.103. The van der Waals surface area contributed by atoms with E-state index in [1.807, 2.05) is 24.0 Å².